The highest BCUT2D eigenvalue weighted by atomic mass is 32.2. The van der Waals surface area contributed by atoms with Gasteiger partial charge in [-0.1, -0.05) is 29.4 Å². The maximum absolute atomic E-state index is 13.7. The van der Waals surface area contributed by atoms with Crippen molar-refractivity contribution in [3.05, 3.63) is 53.7 Å². The molecule has 1 aliphatic heterocycles. The van der Waals surface area contributed by atoms with Crippen LogP contribution in [0.15, 0.2) is 51.9 Å². The fourth-order valence-corrected chi connectivity index (χ4v) is 5.58. The van der Waals surface area contributed by atoms with Crippen molar-refractivity contribution in [3.8, 4) is 16.9 Å². The number of fused-ring (bicyclic) bond motifs is 1. The van der Waals surface area contributed by atoms with Crippen LogP contribution >= 0.6 is 0 Å². The van der Waals surface area contributed by atoms with E-state index in [0.717, 1.165) is 18.4 Å². The molecule has 0 saturated heterocycles. The minimum Gasteiger partial charge on any atom is -0.495 e. The van der Waals surface area contributed by atoms with Crippen LogP contribution in [0.25, 0.3) is 11.1 Å². The van der Waals surface area contributed by atoms with Crippen LogP contribution in [0.5, 0.6) is 5.75 Å². The zero-order valence-electron chi connectivity index (χ0n) is 17.5. The van der Waals surface area contributed by atoms with Gasteiger partial charge in [0.05, 0.1) is 24.1 Å². The van der Waals surface area contributed by atoms with Crippen LogP contribution in [-0.4, -0.2) is 33.1 Å². The van der Waals surface area contributed by atoms with E-state index >= 15 is 0 Å². The second-order valence-electron chi connectivity index (χ2n) is 7.33. The topological polar surface area (TPSA) is 102 Å². The molecule has 162 valence electrons. The smallest absolute Gasteiger partial charge is 0.268 e. The Balaban J connectivity index is 1.85. The summed E-state index contributed by atoms with van der Waals surface area (Å²) in [5, 5.41) is 6.52. The zero-order valence-corrected chi connectivity index (χ0v) is 18.3. The molecule has 1 N–H and O–H groups in total. The first-order chi connectivity index (χ1) is 14.8. The number of anilines is 2. The van der Waals surface area contributed by atoms with Crippen LogP contribution in [0.2, 0.25) is 0 Å². The van der Waals surface area contributed by atoms with E-state index in [2.05, 4.69) is 10.5 Å². The summed E-state index contributed by atoms with van der Waals surface area (Å²) >= 11 is 0. The number of para-hydroxylation sites is 1. The Labute approximate surface area is 180 Å². The number of hydrogen-bond acceptors (Lipinski definition) is 6. The summed E-state index contributed by atoms with van der Waals surface area (Å²) in [5.41, 5.74) is 3.28. The summed E-state index contributed by atoms with van der Waals surface area (Å²) in [6, 6.07) is 12.4. The average molecular weight is 442 g/mol. The van der Waals surface area contributed by atoms with Gasteiger partial charge in [-0.3, -0.25) is 14.4 Å². The molecule has 0 unspecified atom stereocenters. The van der Waals surface area contributed by atoms with Gasteiger partial charge in [-0.05, 0) is 49.1 Å². The van der Waals surface area contributed by atoms with Gasteiger partial charge in [0.1, 0.15) is 10.6 Å². The summed E-state index contributed by atoms with van der Waals surface area (Å²) in [6.45, 7) is 3.47. The van der Waals surface area contributed by atoms with Gasteiger partial charge in [0.25, 0.3) is 10.0 Å². The van der Waals surface area contributed by atoms with E-state index < -0.39 is 10.0 Å². The summed E-state index contributed by atoms with van der Waals surface area (Å²) in [7, 11) is -2.47. The second kappa shape index (κ2) is 8.07. The van der Waals surface area contributed by atoms with Crippen molar-refractivity contribution in [2.45, 2.75) is 31.6 Å². The number of nitrogens with one attached hydrogen (secondary N) is 1. The van der Waals surface area contributed by atoms with Crippen molar-refractivity contribution in [1.82, 2.24) is 5.16 Å². The summed E-state index contributed by atoms with van der Waals surface area (Å²) in [6.07, 6.45) is 1.56. The molecule has 8 nitrogen and oxygen atoms in total. The van der Waals surface area contributed by atoms with Gasteiger partial charge in [0.15, 0.2) is 0 Å². The number of amides is 1. The third-order valence-electron chi connectivity index (χ3n) is 5.24. The molecule has 1 aromatic heterocycles. The van der Waals surface area contributed by atoms with Gasteiger partial charge in [-0.15, -0.1) is 0 Å². The SMILES string of the molecule is COc1ccc(-c2c(C)noc2NC(C)=O)cc1S(=O)(=O)N1CCCc2ccccc21. The Morgan fingerprint density at radius 1 is 1.23 bits per heavy atom. The highest BCUT2D eigenvalue weighted by Gasteiger charge is 2.32. The molecular formula is C22H23N3O5S. The van der Waals surface area contributed by atoms with Crippen LogP contribution in [-0.2, 0) is 21.2 Å². The van der Waals surface area contributed by atoms with Crippen LogP contribution in [0, 0.1) is 6.92 Å². The van der Waals surface area contributed by atoms with Gasteiger partial charge < -0.3 is 9.26 Å². The number of ether oxygens (including phenoxy) is 1. The molecular weight excluding hydrogens is 418 g/mol. The number of benzene rings is 2. The van der Waals surface area contributed by atoms with Crippen LogP contribution in [0.4, 0.5) is 11.6 Å². The Morgan fingerprint density at radius 2 is 2.00 bits per heavy atom. The first-order valence-electron chi connectivity index (χ1n) is 9.86. The minimum absolute atomic E-state index is 0.0404. The lowest BCUT2D eigenvalue weighted by molar-refractivity contribution is -0.114. The third kappa shape index (κ3) is 3.76. The molecule has 2 aromatic carbocycles. The highest BCUT2D eigenvalue weighted by Crippen LogP contribution is 2.39. The average Bonchev–Trinajstić information content (AvgIpc) is 3.12. The van der Waals surface area contributed by atoms with Crippen molar-refractivity contribution in [2.75, 3.05) is 23.3 Å². The van der Waals surface area contributed by atoms with E-state index in [9.17, 15) is 13.2 Å². The number of methoxy groups -OCH3 is 1. The van der Waals surface area contributed by atoms with Crippen molar-refractivity contribution in [1.29, 1.82) is 0 Å². The number of carbonyl (C=O) groups is 1. The number of hydrogen-bond donors (Lipinski definition) is 1. The van der Waals surface area contributed by atoms with Crippen molar-refractivity contribution >= 4 is 27.5 Å². The van der Waals surface area contributed by atoms with Crippen molar-refractivity contribution in [2.24, 2.45) is 0 Å². The monoisotopic (exact) mass is 441 g/mol. The van der Waals surface area contributed by atoms with E-state index in [4.69, 9.17) is 9.26 Å². The van der Waals surface area contributed by atoms with Crippen LogP contribution in [0.3, 0.4) is 0 Å². The molecule has 1 amide bonds. The largest absolute Gasteiger partial charge is 0.495 e. The predicted molar refractivity (Wildman–Crippen MR) is 117 cm³/mol. The molecule has 0 fully saturated rings. The number of rotatable bonds is 5. The highest BCUT2D eigenvalue weighted by molar-refractivity contribution is 7.93. The Kier molecular flexibility index (Phi) is 5.45. The predicted octanol–water partition coefficient (Wildman–Crippen LogP) is 3.76. The summed E-state index contributed by atoms with van der Waals surface area (Å²) in [4.78, 5) is 11.6. The lowest BCUT2D eigenvalue weighted by Crippen LogP contribution is -2.35. The van der Waals surface area contributed by atoms with E-state index in [-0.39, 0.29) is 22.4 Å². The third-order valence-corrected chi connectivity index (χ3v) is 7.07. The second-order valence-corrected chi connectivity index (χ2v) is 9.16. The normalized spacial score (nSPS) is 13.6. The lowest BCUT2D eigenvalue weighted by atomic mass is 10.0. The van der Waals surface area contributed by atoms with E-state index in [0.29, 0.717) is 29.1 Å². The first-order valence-corrected chi connectivity index (χ1v) is 11.3. The molecule has 3 aromatic rings. The van der Waals surface area contributed by atoms with Crippen molar-refractivity contribution in [3.63, 3.8) is 0 Å². The fraction of sp³-hybridized carbons (Fsp3) is 0.273. The number of aromatic nitrogens is 1. The van der Waals surface area contributed by atoms with Crippen molar-refractivity contribution < 1.29 is 22.5 Å². The van der Waals surface area contributed by atoms with Gasteiger partial charge in [0.2, 0.25) is 11.8 Å². The summed E-state index contributed by atoms with van der Waals surface area (Å²) in [5.74, 6) is 0.0903. The number of nitrogens with zero attached hydrogens (tertiary/aromatic N) is 2. The van der Waals surface area contributed by atoms with Gasteiger partial charge in [-0.2, -0.15) is 0 Å². The number of carbonyl (C=O) groups excluding carboxylic acids is 1. The molecule has 0 saturated carbocycles. The minimum atomic E-state index is -3.91. The maximum Gasteiger partial charge on any atom is 0.268 e. The molecule has 2 heterocycles. The molecule has 31 heavy (non-hydrogen) atoms. The maximum atomic E-state index is 13.7. The molecule has 4 rings (SSSR count). The zero-order chi connectivity index (χ0) is 22.2. The van der Waals surface area contributed by atoms with Crippen LogP contribution in [0.1, 0.15) is 24.6 Å². The molecule has 0 radical (unpaired) electrons. The lowest BCUT2D eigenvalue weighted by Gasteiger charge is -2.31. The Bertz CT molecular complexity index is 1250. The van der Waals surface area contributed by atoms with Gasteiger partial charge >= 0.3 is 0 Å². The number of aryl methyl sites for hydroxylation is 2. The van der Waals surface area contributed by atoms with Crippen LogP contribution < -0.4 is 14.4 Å². The molecule has 0 aliphatic carbocycles. The molecule has 1 aliphatic rings. The molecule has 0 atom stereocenters. The van der Waals surface area contributed by atoms with E-state index in [1.807, 2.05) is 24.3 Å². The summed E-state index contributed by atoms with van der Waals surface area (Å²) < 4.78 is 39.5. The van der Waals surface area contributed by atoms with E-state index in [1.165, 1.54) is 24.4 Å². The van der Waals surface area contributed by atoms with Gasteiger partial charge in [-0.25, -0.2) is 8.42 Å². The first kappa shape index (κ1) is 20.9. The number of sulfonamides is 1. The van der Waals surface area contributed by atoms with E-state index in [1.54, 1.807) is 19.1 Å². The van der Waals surface area contributed by atoms with Gasteiger partial charge in [0, 0.05) is 13.5 Å². The standard InChI is InChI=1S/C22H23N3O5S/c1-14-21(22(30-24-14)23-15(2)26)17-10-11-19(29-3)20(13-17)31(27,28)25-12-6-8-16-7-4-5-9-18(16)25/h4-5,7,9-11,13H,6,8,12H2,1-3H3,(H,23,26). The molecule has 0 bridgehead atoms. The molecule has 0 spiro atoms. The Morgan fingerprint density at radius 3 is 2.74 bits per heavy atom. The molecule has 9 heteroatoms. The Hall–Kier alpha value is -3.33. The fourth-order valence-electron chi connectivity index (χ4n) is 3.86. The quantitative estimate of drug-likeness (QED) is 0.647.